The van der Waals surface area contributed by atoms with Gasteiger partial charge in [0.2, 0.25) is 5.91 Å². The topological polar surface area (TPSA) is 53.4 Å². The van der Waals surface area contributed by atoms with Crippen LogP contribution in [-0.2, 0) is 11.2 Å². The van der Waals surface area contributed by atoms with Gasteiger partial charge in [-0.3, -0.25) is 9.78 Å². The summed E-state index contributed by atoms with van der Waals surface area (Å²) < 4.78 is 0. The fraction of sp³-hybridized carbons (Fsp3) is 0.500. The van der Waals surface area contributed by atoms with Gasteiger partial charge in [0, 0.05) is 32.4 Å². The predicted molar refractivity (Wildman–Crippen MR) is 61.9 cm³/mol. The van der Waals surface area contributed by atoms with Crippen LogP contribution in [0.3, 0.4) is 0 Å². The van der Waals surface area contributed by atoms with Crippen LogP contribution in [0.5, 0.6) is 0 Å². The lowest BCUT2D eigenvalue weighted by Crippen LogP contribution is -2.33. The molecule has 0 aliphatic heterocycles. The van der Waals surface area contributed by atoms with Crippen molar-refractivity contribution in [2.24, 2.45) is 0 Å². The van der Waals surface area contributed by atoms with Crippen molar-refractivity contribution in [1.82, 2.24) is 9.88 Å². The number of hydrogen-bond donors (Lipinski definition) is 1. The minimum atomic E-state index is -0.479. The molecule has 0 aromatic carbocycles. The van der Waals surface area contributed by atoms with Crippen molar-refractivity contribution in [2.45, 2.75) is 25.9 Å². The summed E-state index contributed by atoms with van der Waals surface area (Å²) in [6.45, 7) is 2.05. The Morgan fingerprint density at radius 2 is 2.38 bits per heavy atom. The second-order valence-electron chi connectivity index (χ2n) is 3.98. The van der Waals surface area contributed by atoms with E-state index in [-0.39, 0.29) is 5.91 Å². The third kappa shape index (κ3) is 4.40. The molecule has 0 fully saturated rings. The van der Waals surface area contributed by atoms with E-state index in [1.54, 1.807) is 31.3 Å². The molecule has 1 atom stereocenters. The lowest BCUT2D eigenvalue weighted by atomic mass is 10.1. The second kappa shape index (κ2) is 6.23. The third-order valence-corrected chi connectivity index (χ3v) is 2.31. The Bertz CT molecular complexity index is 325. The third-order valence-electron chi connectivity index (χ3n) is 2.31. The normalized spacial score (nSPS) is 12.2. The summed E-state index contributed by atoms with van der Waals surface area (Å²) in [6, 6.07) is 3.81. The van der Waals surface area contributed by atoms with E-state index in [1.807, 2.05) is 12.1 Å². The number of nitrogens with zero attached hydrogens (tertiary/aromatic N) is 2. The zero-order valence-electron chi connectivity index (χ0n) is 9.76. The fourth-order valence-electron chi connectivity index (χ4n) is 1.49. The fourth-order valence-corrected chi connectivity index (χ4v) is 1.49. The zero-order valence-corrected chi connectivity index (χ0v) is 9.76. The van der Waals surface area contributed by atoms with Gasteiger partial charge >= 0.3 is 0 Å². The number of carbonyl (C=O) groups is 1. The van der Waals surface area contributed by atoms with Crippen LogP contribution in [0.1, 0.15) is 18.9 Å². The van der Waals surface area contributed by atoms with Crippen LogP contribution in [0.15, 0.2) is 24.5 Å². The van der Waals surface area contributed by atoms with Crippen molar-refractivity contribution in [3.05, 3.63) is 30.1 Å². The Kier molecular flexibility index (Phi) is 4.92. The number of aliphatic hydroxyl groups is 1. The standard InChI is InChI=1S/C12H18N2O2/c1-10(15)9-14(2)12(16)6-5-11-4-3-7-13-8-11/h3-4,7-8,10,15H,5-6,9H2,1-2H3. The van der Waals surface area contributed by atoms with Crippen LogP contribution in [0.4, 0.5) is 0 Å². The number of amides is 1. The van der Waals surface area contributed by atoms with E-state index in [0.717, 1.165) is 5.56 Å². The Hall–Kier alpha value is -1.42. The SMILES string of the molecule is CC(O)CN(C)C(=O)CCc1cccnc1. The first-order chi connectivity index (χ1) is 7.59. The molecule has 0 saturated heterocycles. The number of hydrogen-bond acceptors (Lipinski definition) is 3. The van der Waals surface area contributed by atoms with Gasteiger partial charge in [-0.05, 0) is 25.0 Å². The van der Waals surface area contributed by atoms with E-state index in [0.29, 0.717) is 19.4 Å². The molecule has 0 bridgehead atoms. The van der Waals surface area contributed by atoms with Crippen molar-refractivity contribution in [2.75, 3.05) is 13.6 Å². The van der Waals surface area contributed by atoms with Gasteiger partial charge in [-0.2, -0.15) is 0 Å². The zero-order chi connectivity index (χ0) is 12.0. The molecule has 1 rings (SSSR count). The van der Waals surface area contributed by atoms with Crippen molar-refractivity contribution in [3.8, 4) is 0 Å². The molecule has 16 heavy (non-hydrogen) atoms. The molecule has 0 radical (unpaired) electrons. The molecule has 0 aliphatic carbocycles. The van der Waals surface area contributed by atoms with Crippen LogP contribution >= 0.6 is 0 Å². The van der Waals surface area contributed by atoms with E-state index >= 15 is 0 Å². The lowest BCUT2D eigenvalue weighted by molar-refractivity contribution is -0.131. The minimum Gasteiger partial charge on any atom is -0.392 e. The highest BCUT2D eigenvalue weighted by atomic mass is 16.3. The summed E-state index contributed by atoms with van der Waals surface area (Å²) in [5.41, 5.74) is 1.06. The van der Waals surface area contributed by atoms with E-state index in [1.165, 1.54) is 0 Å². The highest BCUT2D eigenvalue weighted by Gasteiger charge is 2.10. The number of aliphatic hydroxyl groups excluding tert-OH is 1. The molecule has 0 saturated carbocycles. The van der Waals surface area contributed by atoms with Gasteiger partial charge in [0.1, 0.15) is 0 Å². The molecule has 1 heterocycles. The van der Waals surface area contributed by atoms with E-state index < -0.39 is 6.10 Å². The van der Waals surface area contributed by atoms with Crippen molar-refractivity contribution in [1.29, 1.82) is 0 Å². The molecule has 4 nitrogen and oxygen atoms in total. The minimum absolute atomic E-state index is 0.0461. The van der Waals surface area contributed by atoms with Crippen molar-refractivity contribution in [3.63, 3.8) is 0 Å². The Labute approximate surface area is 95.9 Å². The largest absolute Gasteiger partial charge is 0.392 e. The number of rotatable bonds is 5. The highest BCUT2D eigenvalue weighted by Crippen LogP contribution is 2.02. The summed E-state index contributed by atoms with van der Waals surface area (Å²) >= 11 is 0. The average Bonchev–Trinajstić information content (AvgIpc) is 2.26. The molecule has 1 amide bonds. The van der Waals surface area contributed by atoms with Crippen molar-refractivity contribution >= 4 is 5.91 Å². The number of likely N-dealkylation sites (N-methyl/N-ethyl adjacent to an activating group) is 1. The van der Waals surface area contributed by atoms with Crippen LogP contribution in [0, 0.1) is 0 Å². The van der Waals surface area contributed by atoms with E-state index in [4.69, 9.17) is 5.11 Å². The van der Waals surface area contributed by atoms with Gasteiger partial charge in [0.15, 0.2) is 0 Å². The van der Waals surface area contributed by atoms with Gasteiger partial charge in [-0.1, -0.05) is 6.07 Å². The molecule has 88 valence electrons. The first-order valence-electron chi connectivity index (χ1n) is 5.40. The van der Waals surface area contributed by atoms with E-state index in [2.05, 4.69) is 4.98 Å². The number of pyridine rings is 1. The predicted octanol–water partition coefficient (Wildman–Crippen LogP) is 0.853. The van der Waals surface area contributed by atoms with Gasteiger partial charge in [0.05, 0.1) is 6.10 Å². The van der Waals surface area contributed by atoms with Crippen LogP contribution in [0.2, 0.25) is 0 Å². The van der Waals surface area contributed by atoms with Crippen LogP contribution < -0.4 is 0 Å². The lowest BCUT2D eigenvalue weighted by Gasteiger charge is -2.18. The Morgan fingerprint density at radius 3 is 2.94 bits per heavy atom. The smallest absolute Gasteiger partial charge is 0.222 e. The molecule has 1 N–H and O–H groups in total. The summed E-state index contributed by atoms with van der Waals surface area (Å²) in [5.74, 6) is 0.0461. The molecule has 0 spiro atoms. The monoisotopic (exact) mass is 222 g/mol. The Morgan fingerprint density at radius 1 is 1.62 bits per heavy atom. The second-order valence-corrected chi connectivity index (χ2v) is 3.98. The van der Waals surface area contributed by atoms with Crippen molar-refractivity contribution < 1.29 is 9.90 Å². The van der Waals surface area contributed by atoms with Crippen LogP contribution in [-0.4, -0.2) is 40.6 Å². The van der Waals surface area contributed by atoms with Gasteiger partial charge in [0.25, 0.3) is 0 Å². The van der Waals surface area contributed by atoms with Crippen LogP contribution in [0.25, 0.3) is 0 Å². The maximum Gasteiger partial charge on any atom is 0.222 e. The molecular weight excluding hydrogens is 204 g/mol. The summed E-state index contributed by atoms with van der Waals surface area (Å²) in [7, 11) is 1.71. The Balaban J connectivity index is 2.35. The summed E-state index contributed by atoms with van der Waals surface area (Å²) in [5, 5.41) is 9.15. The molecule has 1 aromatic rings. The number of aromatic nitrogens is 1. The first kappa shape index (κ1) is 12.6. The maximum atomic E-state index is 11.6. The van der Waals surface area contributed by atoms with Gasteiger partial charge in [-0.15, -0.1) is 0 Å². The molecular formula is C12H18N2O2. The molecule has 0 aliphatic rings. The average molecular weight is 222 g/mol. The number of aryl methyl sites for hydroxylation is 1. The first-order valence-corrected chi connectivity index (χ1v) is 5.40. The summed E-state index contributed by atoms with van der Waals surface area (Å²) in [6.07, 6.45) is 4.14. The molecule has 1 aromatic heterocycles. The maximum absolute atomic E-state index is 11.6. The molecule has 1 unspecified atom stereocenters. The summed E-state index contributed by atoms with van der Waals surface area (Å²) in [4.78, 5) is 17.2. The highest BCUT2D eigenvalue weighted by molar-refractivity contribution is 5.76. The van der Waals surface area contributed by atoms with E-state index in [9.17, 15) is 4.79 Å². The molecule has 4 heteroatoms. The number of carbonyl (C=O) groups excluding carboxylic acids is 1. The van der Waals surface area contributed by atoms with Gasteiger partial charge in [-0.25, -0.2) is 0 Å². The quantitative estimate of drug-likeness (QED) is 0.803. The van der Waals surface area contributed by atoms with Gasteiger partial charge < -0.3 is 10.0 Å².